The van der Waals surface area contributed by atoms with Gasteiger partial charge in [-0.25, -0.2) is 13.1 Å². The van der Waals surface area contributed by atoms with Gasteiger partial charge in [-0.3, -0.25) is 10.1 Å². The van der Waals surface area contributed by atoms with Gasteiger partial charge in [0.05, 0.1) is 9.82 Å². The molecule has 0 radical (unpaired) electrons. The van der Waals surface area contributed by atoms with Crippen LogP contribution in [0.15, 0.2) is 47.6 Å². The quantitative estimate of drug-likeness (QED) is 0.638. The fourth-order valence-corrected chi connectivity index (χ4v) is 2.49. The van der Waals surface area contributed by atoms with Crippen molar-refractivity contribution in [3.63, 3.8) is 0 Å². The zero-order chi connectivity index (χ0) is 13.9. The van der Waals surface area contributed by atoms with Crippen LogP contribution in [0.4, 0.5) is 5.69 Å². The number of aromatic nitrogens is 1. The molecule has 8 heteroatoms. The highest BCUT2D eigenvalue weighted by atomic mass is 32.2. The first-order chi connectivity index (χ1) is 8.99. The summed E-state index contributed by atoms with van der Waals surface area (Å²) in [6, 6.07) is 6.48. The standard InChI is InChI=1S/C11H11N3O4S/c15-14(16)10-1-3-11(4-2-10)19(17,18)13-8-9-5-6-12-7-9/h1-7,12-13H,8H2. The third kappa shape index (κ3) is 3.18. The number of nitrogens with zero attached hydrogens (tertiary/aromatic N) is 1. The molecule has 100 valence electrons. The molecule has 0 unspecified atom stereocenters. The molecule has 0 fully saturated rings. The number of benzene rings is 1. The van der Waals surface area contributed by atoms with Crippen molar-refractivity contribution in [2.24, 2.45) is 0 Å². The van der Waals surface area contributed by atoms with E-state index in [1.807, 2.05) is 0 Å². The maximum Gasteiger partial charge on any atom is 0.269 e. The van der Waals surface area contributed by atoms with Crippen LogP contribution in [0.1, 0.15) is 5.56 Å². The molecule has 2 aromatic rings. The van der Waals surface area contributed by atoms with Crippen molar-refractivity contribution in [3.05, 3.63) is 58.4 Å². The minimum absolute atomic E-state index is 0.00589. The molecule has 1 heterocycles. The first kappa shape index (κ1) is 13.2. The van der Waals surface area contributed by atoms with Gasteiger partial charge in [-0.1, -0.05) is 0 Å². The Morgan fingerprint density at radius 1 is 1.21 bits per heavy atom. The summed E-state index contributed by atoms with van der Waals surface area (Å²) in [4.78, 5) is 12.7. The van der Waals surface area contributed by atoms with Crippen molar-refractivity contribution in [1.82, 2.24) is 9.71 Å². The van der Waals surface area contributed by atoms with Crippen LogP contribution in [-0.4, -0.2) is 18.3 Å². The molecule has 0 atom stereocenters. The molecule has 0 saturated heterocycles. The number of hydrogen-bond donors (Lipinski definition) is 2. The van der Waals surface area contributed by atoms with E-state index in [4.69, 9.17) is 0 Å². The lowest BCUT2D eigenvalue weighted by Crippen LogP contribution is -2.22. The van der Waals surface area contributed by atoms with Crippen LogP contribution in [0.3, 0.4) is 0 Å². The van der Waals surface area contributed by atoms with Crippen molar-refractivity contribution >= 4 is 15.7 Å². The lowest BCUT2D eigenvalue weighted by Gasteiger charge is -2.05. The van der Waals surface area contributed by atoms with E-state index in [9.17, 15) is 18.5 Å². The van der Waals surface area contributed by atoms with E-state index in [0.717, 1.165) is 17.7 Å². The first-order valence-electron chi connectivity index (χ1n) is 5.35. The Hall–Kier alpha value is -2.19. The molecule has 0 aliphatic rings. The fraction of sp³-hybridized carbons (Fsp3) is 0.0909. The smallest absolute Gasteiger partial charge is 0.269 e. The van der Waals surface area contributed by atoms with Crippen LogP contribution < -0.4 is 4.72 Å². The molecule has 2 N–H and O–H groups in total. The molecular weight excluding hydrogens is 270 g/mol. The third-order valence-corrected chi connectivity index (χ3v) is 3.90. The Kier molecular flexibility index (Phi) is 3.63. The van der Waals surface area contributed by atoms with Gasteiger partial charge in [0.25, 0.3) is 5.69 Å². The number of non-ortho nitro benzene ring substituents is 1. The highest BCUT2D eigenvalue weighted by molar-refractivity contribution is 7.89. The number of rotatable bonds is 5. The summed E-state index contributed by atoms with van der Waals surface area (Å²) in [5, 5.41) is 10.5. The second-order valence-electron chi connectivity index (χ2n) is 3.79. The van der Waals surface area contributed by atoms with Gasteiger partial charge in [0, 0.05) is 31.1 Å². The minimum Gasteiger partial charge on any atom is -0.367 e. The Labute approximate surface area is 109 Å². The summed E-state index contributed by atoms with van der Waals surface area (Å²) < 4.78 is 26.2. The zero-order valence-electron chi connectivity index (χ0n) is 9.74. The number of H-pyrrole nitrogens is 1. The molecule has 0 spiro atoms. The maximum absolute atomic E-state index is 11.9. The highest BCUT2D eigenvalue weighted by Gasteiger charge is 2.15. The number of nitro groups is 1. The third-order valence-electron chi connectivity index (χ3n) is 2.49. The van der Waals surface area contributed by atoms with Crippen molar-refractivity contribution in [3.8, 4) is 0 Å². The lowest BCUT2D eigenvalue weighted by molar-refractivity contribution is -0.384. The van der Waals surface area contributed by atoms with E-state index in [-0.39, 0.29) is 17.1 Å². The Bertz CT molecular complexity index is 662. The molecular formula is C11H11N3O4S. The van der Waals surface area contributed by atoms with Crippen LogP contribution in [0, 0.1) is 10.1 Å². The van der Waals surface area contributed by atoms with Gasteiger partial charge in [0.2, 0.25) is 10.0 Å². The van der Waals surface area contributed by atoms with E-state index in [1.165, 1.54) is 12.1 Å². The van der Waals surface area contributed by atoms with Crippen molar-refractivity contribution in [2.75, 3.05) is 0 Å². The molecule has 0 aliphatic heterocycles. The summed E-state index contributed by atoms with van der Waals surface area (Å²) in [6.07, 6.45) is 3.37. The SMILES string of the molecule is O=[N+]([O-])c1ccc(S(=O)(=O)NCc2cc[nH]c2)cc1. The molecule has 0 aliphatic carbocycles. The number of aromatic amines is 1. The monoisotopic (exact) mass is 281 g/mol. The van der Waals surface area contributed by atoms with Crippen LogP contribution in [0.2, 0.25) is 0 Å². The summed E-state index contributed by atoms with van der Waals surface area (Å²) in [5.41, 5.74) is 0.648. The normalized spacial score (nSPS) is 11.4. The molecule has 2 rings (SSSR count). The fourth-order valence-electron chi connectivity index (χ4n) is 1.48. The molecule has 0 amide bonds. The minimum atomic E-state index is -3.67. The first-order valence-corrected chi connectivity index (χ1v) is 6.83. The summed E-state index contributed by atoms with van der Waals surface area (Å²) in [7, 11) is -3.67. The Balaban J connectivity index is 2.13. The van der Waals surface area contributed by atoms with Gasteiger partial charge < -0.3 is 4.98 Å². The van der Waals surface area contributed by atoms with Crippen molar-refractivity contribution in [1.29, 1.82) is 0 Å². The highest BCUT2D eigenvalue weighted by Crippen LogP contribution is 2.15. The van der Waals surface area contributed by atoms with Crippen molar-refractivity contribution < 1.29 is 13.3 Å². The number of nitro benzene ring substituents is 1. The number of nitrogens with one attached hydrogen (secondary N) is 2. The Morgan fingerprint density at radius 2 is 1.89 bits per heavy atom. The molecule has 7 nitrogen and oxygen atoms in total. The molecule has 19 heavy (non-hydrogen) atoms. The number of hydrogen-bond acceptors (Lipinski definition) is 4. The molecule has 0 bridgehead atoms. The predicted octanol–water partition coefficient (Wildman–Crippen LogP) is 1.40. The van der Waals surface area contributed by atoms with Gasteiger partial charge in [-0.05, 0) is 23.8 Å². The maximum atomic E-state index is 11.9. The van der Waals surface area contributed by atoms with E-state index in [0.29, 0.717) is 0 Å². The zero-order valence-corrected chi connectivity index (χ0v) is 10.6. The second-order valence-corrected chi connectivity index (χ2v) is 5.56. The van der Waals surface area contributed by atoms with E-state index >= 15 is 0 Å². The average molecular weight is 281 g/mol. The summed E-state index contributed by atoms with van der Waals surface area (Å²) in [5.74, 6) is 0. The predicted molar refractivity (Wildman–Crippen MR) is 67.9 cm³/mol. The molecule has 1 aromatic carbocycles. The van der Waals surface area contributed by atoms with Crippen LogP contribution >= 0.6 is 0 Å². The molecule has 0 saturated carbocycles. The summed E-state index contributed by atoms with van der Waals surface area (Å²) >= 11 is 0. The number of sulfonamides is 1. The van der Waals surface area contributed by atoms with Gasteiger partial charge in [0.15, 0.2) is 0 Å². The van der Waals surface area contributed by atoms with Gasteiger partial charge in [-0.2, -0.15) is 0 Å². The van der Waals surface area contributed by atoms with E-state index in [2.05, 4.69) is 9.71 Å². The van der Waals surface area contributed by atoms with Crippen LogP contribution in [0.25, 0.3) is 0 Å². The van der Waals surface area contributed by atoms with E-state index < -0.39 is 14.9 Å². The average Bonchev–Trinajstić information content (AvgIpc) is 2.90. The van der Waals surface area contributed by atoms with Crippen LogP contribution in [0.5, 0.6) is 0 Å². The van der Waals surface area contributed by atoms with Gasteiger partial charge in [-0.15, -0.1) is 0 Å². The topological polar surface area (TPSA) is 105 Å². The van der Waals surface area contributed by atoms with Gasteiger partial charge >= 0.3 is 0 Å². The van der Waals surface area contributed by atoms with Gasteiger partial charge in [0.1, 0.15) is 0 Å². The van der Waals surface area contributed by atoms with Crippen molar-refractivity contribution in [2.45, 2.75) is 11.4 Å². The lowest BCUT2D eigenvalue weighted by atomic mass is 10.3. The van der Waals surface area contributed by atoms with E-state index in [1.54, 1.807) is 18.5 Å². The second kappa shape index (κ2) is 5.21. The summed E-state index contributed by atoms with van der Waals surface area (Å²) in [6.45, 7) is 0.156. The molecule has 1 aromatic heterocycles. The largest absolute Gasteiger partial charge is 0.367 e. The van der Waals surface area contributed by atoms with Crippen LogP contribution in [-0.2, 0) is 16.6 Å². The Morgan fingerprint density at radius 3 is 2.42 bits per heavy atom.